The van der Waals surface area contributed by atoms with Crippen LogP contribution in [0.15, 0.2) is 36.4 Å². The molecule has 0 spiro atoms. The van der Waals surface area contributed by atoms with Crippen LogP contribution in [-0.2, 0) is 6.42 Å². The molecule has 0 bridgehead atoms. The van der Waals surface area contributed by atoms with Crippen LogP contribution in [0.5, 0.6) is 0 Å². The summed E-state index contributed by atoms with van der Waals surface area (Å²) in [6, 6.07) is 12.7. The molecule has 7 heteroatoms. The van der Waals surface area contributed by atoms with Gasteiger partial charge in [-0.1, -0.05) is 44.2 Å². The van der Waals surface area contributed by atoms with Gasteiger partial charge in [0.2, 0.25) is 5.95 Å². The minimum absolute atomic E-state index is 0.586. The SMILES string of the molecule is CC1CC(C)CN(c2cc(N3CCCC3)nc(NC(=S)NCCCc3ccccc3)n2)C1. The molecule has 0 aliphatic carbocycles. The third-order valence-corrected chi connectivity index (χ3v) is 6.56. The number of nitrogens with one attached hydrogen (secondary N) is 2. The second kappa shape index (κ2) is 10.9. The summed E-state index contributed by atoms with van der Waals surface area (Å²) >= 11 is 5.55. The lowest BCUT2D eigenvalue weighted by atomic mass is 9.92. The number of nitrogens with zero attached hydrogens (tertiary/aromatic N) is 4. The van der Waals surface area contributed by atoms with Crippen molar-refractivity contribution in [2.24, 2.45) is 11.8 Å². The van der Waals surface area contributed by atoms with Gasteiger partial charge >= 0.3 is 0 Å². The van der Waals surface area contributed by atoms with Crippen LogP contribution in [0.3, 0.4) is 0 Å². The topological polar surface area (TPSA) is 56.3 Å². The number of hydrogen-bond acceptors (Lipinski definition) is 5. The summed E-state index contributed by atoms with van der Waals surface area (Å²) < 4.78 is 0. The van der Waals surface area contributed by atoms with Crippen LogP contribution < -0.4 is 20.4 Å². The van der Waals surface area contributed by atoms with E-state index in [1.165, 1.54) is 24.8 Å². The lowest BCUT2D eigenvalue weighted by Crippen LogP contribution is -2.39. The van der Waals surface area contributed by atoms with Crippen LogP contribution in [0.4, 0.5) is 17.6 Å². The van der Waals surface area contributed by atoms with E-state index < -0.39 is 0 Å². The fourth-order valence-corrected chi connectivity index (χ4v) is 5.08. The van der Waals surface area contributed by atoms with Crippen molar-refractivity contribution in [3.8, 4) is 0 Å². The van der Waals surface area contributed by atoms with Gasteiger partial charge in [0.05, 0.1) is 0 Å². The van der Waals surface area contributed by atoms with Crippen molar-refractivity contribution in [2.75, 3.05) is 47.8 Å². The Hall–Kier alpha value is -2.41. The van der Waals surface area contributed by atoms with E-state index >= 15 is 0 Å². The van der Waals surface area contributed by atoms with Crippen LogP contribution >= 0.6 is 12.2 Å². The first-order valence-electron chi connectivity index (χ1n) is 12.0. The predicted molar refractivity (Wildman–Crippen MR) is 138 cm³/mol. The maximum atomic E-state index is 5.55. The largest absolute Gasteiger partial charge is 0.362 e. The Morgan fingerprint density at radius 2 is 1.66 bits per heavy atom. The fourth-order valence-electron chi connectivity index (χ4n) is 4.88. The molecule has 32 heavy (non-hydrogen) atoms. The van der Waals surface area contributed by atoms with Crippen LogP contribution in [-0.4, -0.2) is 47.8 Å². The first-order valence-corrected chi connectivity index (χ1v) is 12.5. The molecule has 2 saturated heterocycles. The number of aryl methyl sites for hydroxylation is 1. The van der Waals surface area contributed by atoms with Gasteiger partial charge in [-0.15, -0.1) is 0 Å². The maximum absolute atomic E-state index is 5.55. The summed E-state index contributed by atoms with van der Waals surface area (Å²) in [5, 5.41) is 7.15. The zero-order valence-corrected chi connectivity index (χ0v) is 20.2. The van der Waals surface area contributed by atoms with Gasteiger partial charge < -0.3 is 20.4 Å². The molecule has 6 nitrogen and oxygen atoms in total. The summed E-state index contributed by atoms with van der Waals surface area (Å²) in [7, 11) is 0. The highest BCUT2D eigenvalue weighted by Gasteiger charge is 2.25. The number of piperidine rings is 1. The Kier molecular flexibility index (Phi) is 7.79. The van der Waals surface area contributed by atoms with E-state index in [-0.39, 0.29) is 0 Å². The fraction of sp³-hybridized carbons (Fsp3) is 0.560. The Bertz CT molecular complexity index is 873. The second-order valence-electron chi connectivity index (χ2n) is 9.42. The molecule has 172 valence electrons. The van der Waals surface area contributed by atoms with Gasteiger partial charge in [0.15, 0.2) is 5.11 Å². The zero-order chi connectivity index (χ0) is 22.3. The van der Waals surface area contributed by atoms with E-state index in [1.807, 2.05) is 0 Å². The molecular weight excluding hydrogens is 416 g/mol. The standard InChI is InChI=1S/C25H36N6S/c1-19-15-20(2)18-31(17-19)23-16-22(30-13-6-7-14-30)27-24(28-23)29-25(32)26-12-8-11-21-9-4-3-5-10-21/h3-5,9-10,16,19-20H,6-8,11-15,17-18H2,1-2H3,(H2,26,27,28,29,32). The van der Waals surface area contributed by atoms with Crippen molar-refractivity contribution < 1.29 is 0 Å². The summed E-state index contributed by atoms with van der Waals surface area (Å²) in [5.41, 5.74) is 1.35. The number of benzene rings is 1. The molecule has 2 fully saturated rings. The van der Waals surface area contributed by atoms with Crippen molar-refractivity contribution in [2.45, 2.75) is 46.0 Å². The van der Waals surface area contributed by atoms with Crippen molar-refractivity contribution >= 4 is 34.9 Å². The van der Waals surface area contributed by atoms with E-state index in [4.69, 9.17) is 22.2 Å². The molecule has 1 aromatic carbocycles. The molecule has 2 atom stereocenters. The third kappa shape index (κ3) is 6.31. The number of hydrogen-bond donors (Lipinski definition) is 2. The van der Waals surface area contributed by atoms with Gasteiger partial charge in [-0.05, 0) is 61.7 Å². The lowest BCUT2D eigenvalue weighted by Gasteiger charge is -2.36. The average molecular weight is 453 g/mol. The normalized spacial score (nSPS) is 20.9. The van der Waals surface area contributed by atoms with Crippen molar-refractivity contribution in [1.29, 1.82) is 0 Å². The van der Waals surface area contributed by atoms with Gasteiger partial charge in [-0.25, -0.2) is 0 Å². The van der Waals surface area contributed by atoms with Crippen LogP contribution in [0, 0.1) is 11.8 Å². The van der Waals surface area contributed by atoms with Gasteiger partial charge in [0, 0.05) is 38.8 Å². The first kappa shape index (κ1) is 22.8. The van der Waals surface area contributed by atoms with E-state index in [0.29, 0.717) is 22.9 Å². The molecule has 0 radical (unpaired) electrons. The summed E-state index contributed by atoms with van der Waals surface area (Å²) in [6.45, 7) is 9.69. The number of aromatic nitrogens is 2. The summed E-state index contributed by atoms with van der Waals surface area (Å²) in [4.78, 5) is 14.5. The highest BCUT2D eigenvalue weighted by atomic mass is 32.1. The van der Waals surface area contributed by atoms with E-state index in [9.17, 15) is 0 Å². The number of anilines is 3. The minimum atomic E-state index is 0.586. The minimum Gasteiger partial charge on any atom is -0.362 e. The predicted octanol–water partition coefficient (Wildman–Crippen LogP) is 4.48. The average Bonchev–Trinajstić information content (AvgIpc) is 3.32. The molecule has 2 unspecified atom stereocenters. The summed E-state index contributed by atoms with van der Waals surface area (Å²) in [5.74, 6) is 3.96. The molecule has 2 aliphatic heterocycles. The van der Waals surface area contributed by atoms with E-state index in [1.54, 1.807) is 0 Å². The second-order valence-corrected chi connectivity index (χ2v) is 9.83. The van der Waals surface area contributed by atoms with Gasteiger partial charge in [-0.3, -0.25) is 0 Å². The molecule has 0 amide bonds. The van der Waals surface area contributed by atoms with Gasteiger partial charge in [0.25, 0.3) is 0 Å². The zero-order valence-electron chi connectivity index (χ0n) is 19.4. The van der Waals surface area contributed by atoms with Gasteiger partial charge in [0.1, 0.15) is 11.6 Å². The first-order chi connectivity index (χ1) is 15.6. The lowest BCUT2D eigenvalue weighted by molar-refractivity contribution is 0.355. The van der Waals surface area contributed by atoms with Crippen LogP contribution in [0.2, 0.25) is 0 Å². The molecule has 2 aromatic rings. The number of rotatable bonds is 7. The van der Waals surface area contributed by atoms with E-state index in [0.717, 1.165) is 57.2 Å². The highest BCUT2D eigenvalue weighted by Crippen LogP contribution is 2.29. The Morgan fingerprint density at radius 1 is 1.00 bits per heavy atom. The van der Waals surface area contributed by atoms with Crippen LogP contribution in [0.25, 0.3) is 0 Å². The molecule has 4 rings (SSSR count). The Labute approximate surface area is 197 Å². The van der Waals surface area contributed by atoms with Crippen molar-refractivity contribution in [1.82, 2.24) is 15.3 Å². The quantitative estimate of drug-likeness (QED) is 0.474. The summed E-state index contributed by atoms with van der Waals surface area (Å²) in [6.07, 6.45) is 5.79. The molecule has 0 saturated carbocycles. The van der Waals surface area contributed by atoms with E-state index in [2.05, 4.69) is 70.7 Å². The van der Waals surface area contributed by atoms with Crippen molar-refractivity contribution in [3.63, 3.8) is 0 Å². The number of thiocarbonyl (C=S) groups is 1. The van der Waals surface area contributed by atoms with Gasteiger partial charge in [-0.2, -0.15) is 9.97 Å². The Morgan fingerprint density at radius 3 is 2.34 bits per heavy atom. The molecule has 1 aromatic heterocycles. The molecule has 2 aliphatic rings. The highest BCUT2D eigenvalue weighted by molar-refractivity contribution is 7.80. The van der Waals surface area contributed by atoms with Crippen LogP contribution in [0.1, 0.15) is 45.1 Å². The Balaban J connectivity index is 1.40. The third-order valence-electron chi connectivity index (χ3n) is 6.32. The maximum Gasteiger partial charge on any atom is 0.232 e. The van der Waals surface area contributed by atoms with Crippen molar-refractivity contribution in [3.05, 3.63) is 42.0 Å². The molecule has 3 heterocycles. The smallest absolute Gasteiger partial charge is 0.232 e. The monoisotopic (exact) mass is 452 g/mol. The molecule has 2 N–H and O–H groups in total. The molecular formula is C25H36N6S.